The number of nitrogens with zero attached hydrogens (tertiary/aromatic N) is 1. The van der Waals surface area contributed by atoms with E-state index in [1.807, 2.05) is 27.7 Å². The van der Waals surface area contributed by atoms with Gasteiger partial charge in [0, 0.05) is 5.56 Å². The predicted octanol–water partition coefficient (Wildman–Crippen LogP) is 1.84. The first-order valence-electron chi connectivity index (χ1n) is 6.17. The van der Waals surface area contributed by atoms with Crippen molar-refractivity contribution >= 4 is 12.6 Å². The smallest absolute Gasteiger partial charge is 0.399 e. The van der Waals surface area contributed by atoms with Gasteiger partial charge in [-0.15, -0.1) is 6.42 Å². The van der Waals surface area contributed by atoms with Crippen LogP contribution >= 0.6 is 0 Å². The maximum absolute atomic E-state index is 8.90. The van der Waals surface area contributed by atoms with Crippen molar-refractivity contribution in [3.05, 3.63) is 29.3 Å². The summed E-state index contributed by atoms with van der Waals surface area (Å²) in [5.41, 5.74) is 1.15. The lowest BCUT2D eigenvalue weighted by molar-refractivity contribution is 0.00578. The summed E-state index contributed by atoms with van der Waals surface area (Å²) in [6.07, 6.45) is 5.51. The van der Waals surface area contributed by atoms with E-state index in [1.165, 1.54) is 0 Å². The fourth-order valence-electron chi connectivity index (χ4n) is 1.93. The molecule has 1 fully saturated rings. The Bertz CT molecular complexity index is 577. The van der Waals surface area contributed by atoms with Gasteiger partial charge in [0.05, 0.1) is 22.8 Å². The molecule has 0 amide bonds. The number of benzene rings is 1. The summed E-state index contributed by atoms with van der Waals surface area (Å²) in [5.74, 6) is 2.59. The monoisotopic (exact) mass is 253 g/mol. The first-order valence-corrected chi connectivity index (χ1v) is 6.17. The van der Waals surface area contributed by atoms with Gasteiger partial charge in [-0.3, -0.25) is 0 Å². The largest absolute Gasteiger partial charge is 0.496 e. The van der Waals surface area contributed by atoms with Crippen molar-refractivity contribution in [2.24, 2.45) is 0 Å². The Morgan fingerprint density at radius 3 is 2.21 bits per heavy atom. The second kappa shape index (κ2) is 4.42. The van der Waals surface area contributed by atoms with Crippen molar-refractivity contribution in [3.63, 3.8) is 0 Å². The first kappa shape index (κ1) is 13.7. The van der Waals surface area contributed by atoms with E-state index >= 15 is 0 Å². The Labute approximate surface area is 114 Å². The summed E-state index contributed by atoms with van der Waals surface area (Å²) in [7, 11) is -0.496. The summed E-state index contributed by atoms with van der Waals surface area (Å²) < 4.78 is 11.9. The maximum atomic E-state index is 8.90. The molecular formula is C15H16BNO2. The van der Waals surface area contributed by atoms with Gasteiger partial charge in [0.2, 0.25) is 0 Å². The Kier molecular flexibility index (Phi) is 3.18. The van der Waals surface area contributed by atoms with Gasteiger partial charge in [0.25, 0.3) is 0 Å². The molecule has 0 atom stereocenters. The van der Waals surface area contributed by atoms with Crippen LogP contribution in [-0.2, 0) is 9.31 Å². The van der Waals surface area contributed by atoms with Crippen LogP contribution in [0.1, 0.15) is 38.8 Å². The molecule has 3 nitrogen and oxygen atoms in total. The minimum atomic E-state index is -0.496. The Morgan fingerprint density at radius 2 is 1.74 bits per heavy atom. The van der Waals surface area contributed by atoms with Crippen LogP contribution in [0.2, 0.25) is 0 Å². The van der Waals surface area contributed by atoms with E-state index in [-0.39, 0.29) is 0 Å². The van der Waals surface area contributed by atoms with E-state index in [9.17, 15) is 0 Å². The van der Waals surface area contributed by atoms with Gasteiger partial charge < -0.3 is 9.31 Å². The highest BCUT2D eigenvalue weighted by atomic mass is 16.7. The van der Waals surface area contributed by atoms with Crippen molar-refractivity contribution in [2.45, 2.75) is 38.9 Å². The van der Waals surface area contributed by atoms with Crippen molar-refractivity contribution in [1.29, 1.82) is 5.26 Å². The zero-order chi connectivity index (χ0) is 14.3. The van der Waals surface area contributed by atoms with Crippen molar-refractivity contribution < 1.29 is 9.31 Å². The van der Waals surface area contributed by atoms with Crippen molar-refractivity contribution in [3.8, 4) is 18.4 Å². The predicted molar refractivity (Wildman–Crippen MR) is 74.8 cm³/mol. The molecular weight excluding hydrogens is 237 g/mol. The highest BCUT2D eigenvalue weighted by Gasteiger charge is 2.52. The summed E-state index contributed by atoms with van der Waals surface area (Å²) in [6, 6.07) is 7.28. The van der Waals surface area contributed by atoms with Crippen molar-refractivity contribution in [1.82, 2.24) is 0 Å². The first-order chi connectivity index (χ1) is 8.80. The summed E-state index contributed by atoms with van der Waals surface area (Å²) in [4.78, 5) is 0. The second-order valence-electron chi connectivity index (χ2n) is 5.65. The van der Waals surface area contributed by atoms with Crippen LogP contribution in [0.4, 0.5) is 0 Å². The van der Waals surface area contributed by atoms with E-state index < -0.39 is 18.3 Å². The van der Waals surface area contributed by atoms with Gasteiger partial charge in [0.1, 0.15) is 0 Å². The van der Waals surface area contributed by atoms with Gasteiger partial charge in [-0.2, -0.15) is 5.26 Å². The Morgan fingerprint density at radius 1 is 1.16 bits per heavy atom. The molecule has 1 aliphatic rings. The van der Waals surface area contributed by atoms with Crippen LogP contribution < -0.4 is 5.46 Å². The van der Waals surface area contributed by atoms with E-state index in [1.54, 1.807) is 18.2 Å². The molecule has 1 saturated heterocycles. The standard InChI is InChI=1S/C15H16BNO2/c1-6-12-9-11(10-17)7-8-13(12)16-18-14(2,3)15(4,5)19-16/h1,7-9H,2-5H3. The minimum Gasteiger partial charge on any atom is -0.399 e. The summed E-state index contributed by atoms with van der Waals surface area (Å²) in [5, 5.41) is 8.90. The lowest BCUT2D eigenvalue weighted by atomic mass is 9.75. The molecule has 4 heteroatoms. The number of rotatable bonds is 1. The molecule has 1 aromatic rings. The molecule has 1 aromatic carbocycles. The molecule has 0 bridgehead atoms. The molecule has 2 rings (SSSR count). The lowest BCUT2D eigenvalue weighted by Gasteiger charge is -2.32. The molecule has 1 heterocycles. The molecule has 1 aliphatic heterocycles. The Balaban J connectivity index is 2.41. The second-order valence-corrected chi connectivity index (χ2v) is 5.65. The molecule has 0 N–H and O–H groups in total. The van der Waals surface area contributed by atoms with E-state index in [2.05, 4.69) is 12.0 Å². The van der Waals surface area contributed by atoms with Gasteiger partial charge in [0.15, 0.2) is 0 Å². The molecule has 96 valence electrons. The van der Waals surface area contributed by atoms with Crippen molar-refractivity contribution in [2.75, 3.05) is 0 Å². The van der Waals surface area contributed by atoms with Crippen LogP contribution in [0, 0.1) is 23.7 Å². The average molecular weight is 253 g/mol. The normalized spacial score (nSPS) is 19.8. The molecule has 0 radical (unpaired) electrons. The van der Waals surface area contributed by atoms with E-state index in [0.29, 0.717) is 11.1 Å². The van der Waals surface area contributed by atoms with E-state index in [4.69, 9.17) is 21.0 Å². The van der Waals surface area contributed by atoms with Crippen LogP contribution in [-0.4, -0.2) is 18.3 Å². The number of terminal acetylenes is 1. The number of hydrogen-bond acceptors (Lipinski definition) is 3. The fraction of sp³-hybridized carbons (Fsp3) is 0.400. The highest BCUT2D eigenvalue weighted by molar-refractivity contribution is 6.62. The van der Waals surface area contributed by atoms with Gasteiger partial charge >= 0.3 is 7.12 Å². The van der Waals surface area contributed by atoms with Crippen LogP contribution in [0.15, 0.2) is 18.2 Å². The molecule has 0 spiro atoms. The maximum Gasteiger partial charge on any atom is 0.496 e. The number of hydrogen-bond donors (Lipinski definition) is 0. The number of nitriles is 1. The van der Waals surface area contributed by atoms with Crippen LogP contribution in [0.5, 0.6) is 0 Å². The van der Waals surface area contributed by atoms with Gasteiger partial charge in [-0.1, -0.05) is 12.0 Å². The zero-order valence-electron chi connectivity index (χ0n) is 11.7. The van der Waals surface area contributed by atoms with E-state index in [0.717, 1.165) is 5.46 Å². The molecule has 0 saturated carbocycles. The molecule has 0 aliphatic carbocycles. The topological polar surface area (TPSA) is 42.2 Å². The molecule has 0 aromatic heterocycles. The van der Waals surface area contributed by atoms with Gasteiger partial charge in [-0.25, -0.2) is 0 Å². The SMILES string of the molecule is C#Cc1cc(C#N)ccc1B1OC(C)(C)C(C)(C)O1. The lowest BCUT2D eigenvalue weighted by Crippen LogP contribution is -2.41. The Hall–Kier alpha value is -1.75. The third-order valence-corrected chi connectivity index (χ3v) is 3.85. The zero-order valence-corrected chi connectivity index (χ0v) is 11.7. The van der Waals surface area contributed by atoms with Crippen LogP contribution in [0.3, 0.4) is 0 Å². The van der Waals surface area contributed by atoms with Gasteiger partial charge in [-0.05, 0) is 45.3 Å². The molecule has 0 unspecified atom stereocenters. The summed E-state index contributed by atoms with van der Waals surface area (Å²) in [6.45, 7) is 7.97. The fourth-order valence-corrected chi connectivity index (χ4v) is 1.93. The average Bonchev–Trinajstić information content (AvgIpc) is 2.57. The highest BCUT2D eigenvalue weighted by Crippen LogP contribution is 2.36. The minimum absolute atomic E-state index is 0.405. The third-order valence-electron chi connectivity index (χ3n) is 3.85. The summed E-state index contributed by atoms with van der Waals surface area (Å²) >= 11 is 0. The quantitative estimate of drug-likeness (QED) is 0.566. The van der Waals surface area contributed by atoms with Crippen LogP contribution in [0.25, 0.3) is 0 Å². The third kappa shape index (κ3) is 2.26. The molecule has 19 heavy (non-hydrogen) atoms.